The zero-order valence-electron chi connectivity index (χ0n) is 11.5. The van der Waals surface area contributed by atoms with Crippen LogP contribution in [0.2, 0.25) is 5.02 Å². The summed E-state index contributed by atoms with van der Waals surface area (Å²) in [5.74, 6) is -1.28. The largest absolute Gasteiger partial charge is 0.480 e. The first-order valence-electron chi connectivity index (χ1n) is 6.91. The highest BCUT2D eigenvalue weighted by atomic mass is 35.5. The summed E-state index contributed by atoms with van der Waals surface area (Å²) < 4.78 is 26.9. The van der Waals surface area contributed by atoms with E-state index < -0.39 is 22.0 Å². The molecule has 7 heteroatoms. The Labute approximate surface area is 129 Å². The molecule has 1 unspecified atom stereocenters. The number of carbonyl (C=O) groups is 1. The fourth-order valence-corrected chi connectivity index (χ4v) is 4.05. The first-order chi connectivity index (χ1) is 9.90. The van der Waals surface area contributed by atoms with Crippen molar-refractivity contribution < 1.29 is 18.3 Å². The second kappa shape index (κ2) is 6.77. The quantitative estimate of drug-likeness (QED) is 0.868. The number of halogens is 1. The fraction of sp³-hybridized carbons (Fsp3) is 0.500. The summed E-state index contributed by atoms with van der Waals surface area (Å²) in [7, 11) is -3.86. The average molecular weight is 332 g/mol. The minimum atomic E-state index is -3.86. The van der Waals surface area contributed by atoms with Crippen molar-refractivity contribution in [2.75, 3.05) is 0 Å². The highest BCUT2D eigenvalue weighted by Crippen LogP contribution is 2.27. The Hall–Kier alpha value is -1.11. The van der Waals surface area contributed by atoms with Gasteiger partial charge < -0.3 is 5.11 Å². The van der Waals surface area contributed by atoms with E-state index in [0.717, 1.165) is 32.1 Å². The van der Waals surface area contributed by atoms with Crippen molar-refractivity contribution in [3.63, 3.8) is 0 Å². The zero-order valence-corrected chi connectivity index (χ0v) is 13.0. The van der Waals surface area contributed by atoms with Gasteiger partial charge in [-0.25, -0.2) is 8.42 Å². The Balaban J connectivity index is 2.18. The van der Waals surface area contributed by atoms with Gasteiger partial charge >= 0.3 is 5.97 Å². The van der Waals surface area contributed by atoms with Crippen LogP contribution in [0, 0.1) is 5.92 Å². The summed E-state index contributed by atoms with van der Waals surface area (Å²) >= 11 is 5.73. The first kappa shape index (κ1) is 16.3. The van der Waals surface area contributed by atoms with E-state index in [2.05, 4.69) is 4.72 Å². The van der Waals surface area contributed by atoms with Gasteiger partial charge in [0.05, 0.1) is 4.90 Å². The third kappa shape index (κ3) is 4.18. The minimum absolute atomic E-state index is 0.0222. The van der Waals surface area contributed by atoms with E-state index in [4.69, 9.17) is 11.6 Å². The lowest BCUT2D eigenvalue weighted by molar-refractivity contribution is -0.140. The Kier molecular flexibility index (Phi) is 5.24. The number of hydrogen-bond acceptors (Lipinski definition) is 3. The van der Waals surface area contributed by atoms with Crippen molar-refractivity contribution in [3.05, 3.63) is 29.3 Å². The van der Waals surface area contributed by atoms with Crippen LogP contribution in [0.1, 0.15) is 32.1 Å². The average Bonchev–Trinajstić information content (AvgIpc) is 2.46. The fourth-order valence-electron chi connectivity index (χ4n) is 2.66. The number of carboxylic acids is 1. The van der Waals surface area contributed by atoms with Crippen molar-refractivity contribution in [3.8, 4) is 0 Å². The van der Waals surface area contributed by atoms with E-state index in [1.165, 1.54) is 24.3 Å². The summed E-state index contributed by atoms with van der Waals surface area (Å²) in [6, 6.07) is 4.58. The zero-order chi connectivity index (χ0) is 15.5. The molecule has 0 amide bonds. The molecule has 1 saturated carbocycles. The van der Waals surface area contributed by atoms with Crippen molar-refractivity contribution in [1.29, 1.82) is 0 Å². The Bertz CT molecular complexity index is 594. The topological polar surface area (TPSA) is 83.5 Å². The Morgan fingerprint density at radius 2 is 1.76 bits per heavy atom. The maximum atomic E-state index is 12.3. The van der Waals surface area contributed by atoms with E-state index in [9.17, 15) is 18.3 Å². The number of benzene rings is 1. The highest BCUT2D eigenvalue weighted by Gasteiger charge is 2.33. The van der Waals surface area contributed by atoms with Gasteiger partial charge in [0.25, 0.3) is 0 Å². The number of carboxylic acid groups (broad SMARTS) is 1. The standard InChI is InChI=1S/C14H18ClNO4S/c15-11-6-8-12(9-7-11)21(19,20)16-13(14(17)18)10-4-2-1-3-5-10/h6-10,13,16H,1-5H2,(H,17,18). The molecule has 0 saturated heterocycles. The van der Waals surface area contributed by atoms with E-state index in [1.54, 1.807) is 0 Å². The van der Waals surface area contributed by atoms with Crippen molar-refractivity contribution in [2.45, 2.75) is 43.0 Å². The van der Waals surface area contributed by atoms with Crippen LogP contribution in [-0.2, 0) is 14.8 Å². The van der Waals surface area contributed by atoms with Crippen molar-refractivity contribution in [1.82, 2.24) is 4.72 Å². The lowest BCUT2D eigenvalue weighted by Gasteiger charge is -2.27. The lowest BCUT2D eigenvalue weighted by atomic mass is 9.84. The monoisotopic (exact) mass is 331 g/mol. The number of sulfonamides is 1. The predicted molar refractivity (Wildman–Crippen MR) is 79.8 cm³/mol. The summed E-state index contributed by atoms with van der Waals surface area (Å²) in [5.41, 5.74) is 0. The molecular weight excluding hydrogens is 314 g/mol. The molecule has 1 aromatic carbocycles. The molecule has 0 aliphatic heterocycles. The number of nitrogens with one attached hydrogen (secondary N) is 1. The summed E-state index contributed by atoms with van der Waals surface area (Å²) in [6.07, 6.45) is 4.43. The van der Waals surface area contributed by atoms with Crippen LogP contribution < -0.4 is 4.72 Å². The van der Waals surface area contributed by atoms with E-state index in [1.807, 2.05) is 0 Å². The van der Waals surface area contributed by atoms with Gasteiger partial charge in [0.15, 0.2) is 0 Å². The number of rotatable bonds is 5. The molecule has 0 heterocycles. The second-order valence-electron chi connectivity index (χ2n) is 5.29. The summed E-state index contributed by atoms with van der Waals surface area (Å²) in [5, 5.41) is 9.76. The van der Waals surface area contributed by atoms with Gasteiger partial charge in [-0.3, -0.25) is 4.79 Å². The number of hydrogen-bond donors (Lipinski definition) is 2. The molecule has 1 aliphatic rings. The molecule has 2 rings (SSSR count). The van der Waals surface area contributed by atoms with Crippen molar-refractivity contribution in [2.24, 2.45) is 5.92 Å². The predicted octanol–water partition coefficient (Wildman–Crippen LogP) is 2.65. The van der Waals surface area contributed by atoms with Gasteiger partial charge in [0, 0.05) is 5.02 Å². The molecule has 0 radical (unpaired) electrons. The van der Waals surface area contributed by atoms with Crippen LogP contribution in [-0.4, -0.2) is 25.5 Å². The molecule has 0 spiro atoms. The normalized spacial score (nSPS) is 18.3. The highest BCUT2D eigenvalue weighted by molar-refractivity contribution is 7.89. The van der Waals surface area contributed by atoms with Gasteiger partial charge in [-0.05, 0) is 43.0 Å². The molecule has 21 heavy (non-hydrogen) atoms. The van der Waals surface area contributed by atoms with Crippen molar-refractivity contribution >= 4 is 27.6 Å². The Morgan fingerprint density at radius 3 is 2.29 bits per heavy atom. The molecule has 116 valence electrons. The van der Waals surface area contributed by atoms with E-state index in [-0.39, 0.29) is 10.8 Å². The van der Waals surface area contributed by atoms with Crippen LogP contribution in [0.4, 0.5) is 0 Å². The van der Waals surface area contributed by atoms with E-state index in [0.29, 0.717) is 5.02 Å². The van der Waals surface area contributed by atoms with Gasteiger partial charge in [-0.2, -0.15) is 4.72 Å². The van der Waals surface area contributed by atoms with Crippen LogP contribution in [0.25, 0.3) is 0 Å². The summed E-state index contributed by atoms with van der Waals surface area (Å²) in [6.45, 7) is 0. The minimum Gasteiger partial charge on any atom is -0.480 e. The molecule has 1 fully saturated rings. The maximum absolute atomic E-state index is 12.3. The third-order valence-corrected chi connectivity index (χ3v) is 5.50. The third-order valence-electron chi connectivity index (χ3n) is 3.79. The van der Waals surface area contributed by atoms with Gasteiger partial charge in [0.2, 0.25) is 10.0 Å². The maximum Gasteiger partial charge on any atom is 0.322 e. The van der Waals surface area contributed by atoms with Gasteiger partial charge in [-0.1, -0.05) is 30.9 Å². The molecule has 0 bridgehead atoms. The van der Waals surface area contributed by atoms with Crippen LogP contribution in [0.5, 0.6) is 0 Å². The second-order valence-corrected chi connectivity index (χ2v) is 7.44. The molecule has 1 aliphatic carbocycles. The SMILES string of the molecule is O=C(O)C(NS(=O)(=O)c1ccc(Cl)cc1)C1CCCCC1. The van der Waals surface area contributed by atoms with Gasteiger partial charge in [-0.15, -0.1) is 0 Å². The first-order valence-corrected chi connectivity index (χ1v) is 8.77. The number of aliphatic carboxylic acids is 1. The lowest BCUT2D eigenvalue weighted by Crippen LogP contribution is -2.46. The molecule has 0 aromatic heterocycles. The van der Waals surface area contributed by atoms with Gasteiger partial charge in [0.1, 0.15) is 6.04 Å². The smallest absolute Gasteiger partial charge is 0.322 e. The molecule has 1 aromatic rings. The molecular formula is C14H18ClNO4S. The molecule has 1 atom stereocenters. The van der Waals surface area contributed by atoms with Crippen LogP contribution in [0.3, 0.4) is 0 Å². The summed E-state index contributed by atoms with van der Waals surface area (Å²) in [4.78, 5) is 11.4. The van der Waals surface area contributed by atoms with Crippen LogP contribution >= 0.6 is 11.6 Å². The molecule has 2 N–H and O–H groups in total. The van der Waals surface area contributed by atoms with E-state index >= 15 is 0 Å². The Morgan fingerprint density at radius 1 is 1.19 bits per heavy atom. The molecule has 5 nitrogen and oxygen atoms in total. The van der Waals surface area contributed by atoms with Crippen LogP contribution in [0.15, 0.2) is 29.2 Å².